The van der Waals surface area contributed by atoms with Crippen molar-refractivity contribution in [3.05, 3.63) is 65.6 Å². The molecule has 5 heteroatoms. The van der Waals surface area contributed by atoms with Crippen LogP contribution in [0.15, 0.2) is 58.7 Å². The SMILES string of the molecule is C#C/C=C\C(=C/C)C1(C(=O)Nc2ncc(Cc3ccccc3OC)o2)CC1. The molecule has 1 aromatic heterocycles. The van der Waals surface area contributed by atoms with Crippen LogP contribution in [0.3, 0.4) is 0 Å². The van der Waals surface area contributed by atoms with Crippen LogP contribution in [-0.4, -0.2) is 18.0 Å². The number of methoxy groups -OCH3 is 1. The first kappa shape index (κ1) is 18.5. The normalized spacial score (nSPS) is 15.4. The van der Waals surface area contributed by atoms with Crippen molar-refractivity contribution < 1.29 is 13.9 Å². The van der Waals surface area contributed by atoms with E-state index in [0.717, 1.165) is 29.7 Å². The second-order valence-corrected chi connectivity index (χ2v) is 6.40. The number of nitrogens with zero attached hydrogens (tertiary/aromatic N) is 1. The first-order valence-electron chi connectivity index (χ1n) is 8.80. The van der Waals surface area contributed by atoms with E-state index in [4.69, 9.17) is 15.6 Å². The fourth-order valence-electron chi connectivity index (χ4n) is 3.14. The second kappa shape index (κ2) is 7.96. The lowest BCUT2D eigenvalue weighted by molar-refractivity contribution is -0.119. The second-order valence-electron chi connectivity index (χ2n) is 6.40. The number of allylic oxidation sites excluding steroid dienone is 3. The summed E-state index contributed by atoms with van der Waals surface area (Å²) in [5, 5.41) is 2.80. The van der Waals surface area contributed by atoms with Gasteiger partial charge in [-0.25, -0.2) is 4.98 Å². The van der Waals surface area contributed by atoms with Gasteiger partial charge in [-0.3, -0.25) is 10.1 Å². The van der Waals surface area contributed by atoms with E-state index in [2.05, 4.69) is 16.2 Å². The number of carbonyl (C=O) groups is 1. The van der Waals surface area contributed by atoms with Crippen molar-refractivity contribution in [1.29, 1.82) is 0 Å². The smallest absolute Gasteiger partial charge is 0.301 e. The molecule has 138 valence electrons. The summed E-state index contributed by atoms with van der Waals surface area (Å²) in [6.07, 6.45) is 14.3. The van der Waals surface area contributed by atoms with E-state index in [-0.39, 0.29) is 11.9 Å². The lowest BCUT2D eigenvalue weighted by Gasteiger charge is -2.14. The molecule has 1 amide bonds. The van der Waals surface area contributed by atoms with Gasteiger partial charge in [0.25, 0.3) is 0 Å². The summed E-state index contributed by atoms with van der Waals surface area (Å²) in [6.45, 7) is 1.90. The number of nitrogens with one attached hydrogen (secondary N) is 1. The summed E-state index contributed by atoms with van der Waals surface area (Å²) in [5.74, 6) is 3.78. The molecular weight excluding hydrogens is 340 g/mol. The summed E-state index contributed by atoms with van der Waals surface area (Å²) in [4.78, 5) is 17.0. The molecule has 0 bridgehead atoms. The van der Waals surface area contributed by atoms with Gasteiger partial charge in [-0.05, 0) is 43.6 Å². The molecule has 27 heavy (non-hydrogen) atoms. The molecule has 3 rings (SSSR count). The monoisotopic (exact) mass is 362 g/mol. The van der Waals surface area contributed by atoms with Crippen LogP contribution in [-0.2, 0) is 11.2 Å². The maximum Gasteiger partial charge on any atom is 0.301 e. The van der Waals surface area contributed by atoms with Gasteiger partial charge in [0.05, 0.1) is 18.7 Å². The number of amides is 1. The number of terminal acetylenes is 1. The van der Waals surface area contributed by atoms with E-state index in [1.165, 1.54) is 0 Å². The molecule has 1 saturated carbocycles. The fraction of sp³-hybridized carbons (Fsp3) is 0.273. The summed E-state index contributed by atoms with van der Waals surface area (Å²) >= 11 is 0. The highest BCUT2D eigenvalue weighted by atomic mass is 16.5. The number of anilines is 1. The number of rotatable bonds is 7. The van der Waals surface area contributed by atoms with Crippen LogP contribution in [0.25, 0.3) is 0 Å². The Bertz CT molecular complexity index is 927. The largest absolute Gasteiger partial charge is 0.496 e. The van der Waals surface area contributed by atoms with E-state index in [9.17, 15) is 4.79 Å². The molecule has 0 saturated heterocycles. The maximum atomic E-state index is 12.8. The van der Waals surface area contributed by atoms with Gasteiger partial charge in [0.15, 0.2) is 0 Å². The summed E-state index contributed by atoms with van der Waals surface area (Å²) in [5.41, 5.74) is 1.36. The molecule has 1 aliphatic rings. The average Bonchev–Trinajstić information content (AvgIpc) is 3.38. The number of oxazole rings is 1. The minimum atomic E-state index is -0.542. The molecule has 0 atom stereocenters. The van der Waals surface area contributed by atoms with Crippen molar-refractivity contribution in [2.24, 2.45) is 5.41 Å². The highest BCUT2D eigenvalue weighted by Gasteiger charge is 2.52. The zero-order valence-electron chi connectivity index (χ0n) is 15.5. The molecule has 1 fully saturated rings. The third-order valence-electron chi connectivity index (χ3n) is 4.74. The van der Waals surface area contributed by atoms with Gasteiger partial charge < -0.3 is 9.15 Å². The molecule has 0 spiro atoms. The molecule has 2 aromatic rings. The topological polar surface area (TPSA) is 64.4 Å². The average molecular weight is 362 g/mol. The summed E-state index contributed by atoms with van der Waals surface area (Å²) in [7, 11) is 1.63. The fourth-order valence-corrected chi connectivity index (χ4v) is 3.14. The van der Waals surface area contributed by atoms with Crippen molar-refractivity contribution in [1.82, 2.24) is 4.98 Å². The Hall–Kier alpha value is -3.26. The van der Waals surface area contributed by atoms with Crippen LogP contribution in [0.4, 0.5) is 6.01 Å². The predicted molar refractivity (Wildman–Crippen MR) is 104 cm³/mol. The Morgan fingerprint density at radius 1 is 1.44 bits per heavy atom. The number of hydrogen-bond donors (Lipinski definition) is 1. The van der Waals surface area contributed by atoms with Gasteiger partial charge in [-0.1, -0.05) is 30.2 Å². The third-order valence-corrected chi connectivity index (χ3v) is 4.74. The zero-order chi connectivity index (χ0) is 19.3. The number of carbonyl (C=O) groups excluding carboxylic acids is 1. The first-order chi connectivity index (χ1) is 13.1. The maximum absolute atomic E-state index is 12.8. The van der Waals surface area contributed by atoms with Crippen molar-refractivity contribution in [2.45, 2.75) is 26.2 Å². The molecule has 1 aromatic carbocycles. The Labute approximate surface area is 159 Å². The third kappa shape index (κ3) is 3.95. The van der Waals surface area contributed by atoms with E-state index in [1.807, 2.05) is 43.3 Å². The molecule has 1 aliphatic carbocycles. The van der Waals surface area contributed by atoms with Crippen LogP contribution in [0.2, 0.25) is 0 Å². The standard InChI is InChI=1S/C22H22N2O3/c1-4-6-10-17(5-2)22(12-13-22)20(25)24-21-23-15-18(27-21)14-16-9-7-8-11-19(16)26-3/h1,5-11,15H,12-14H2,2-3H3,(H,23,24,25)/b10-6-,17-5+. The van der Waals surface area contributed by atoms with E-state index >= 15 is 0 Å². The number of para-hydroxylation sites is 1. The molecule has 5 nitrogen and oxygen atoms in total. The van der Waals surface area contributed by atoms with Gasteiger partial charge in [-0.2, -0.15) is 0 Å². The number of benzene rings is 1. The van der Waals surface area contributed by atoms with Gasteiger partial charge in [0, 0.05) is 12.0 Å². The highest BCUT2D eigenvalue weighted by Crippen LogP contribution is 2.53. The number of aromatic nitrogens is 1. The molecule has 1 N–H and O–H groups in total. The van der Waals surface area contributed by atoms with Gasteiger partial charge in [0.2, 0.25) is 5.91 Å². The molecule has 0 unspecified atom stereocenters. The van der Waals surface area contributed by atoms with Crippen LogP contribution in [0.5, 0.6) is 5.75 Å². The minimum Gasteiger partial charge on any atom is -0.496 e. The van der Waals surface area contributed by atoms with Crippen molar-refractivity contribution in [2.75, 3.05) is 12.4 Å². The van der Waals surface area contributed by atoms with Crippen LogP contribution in [0, 0.1) is 17.8 Å². The zero-order valence-corrected chi connectivity index (χ0v) is 15.5. The highest BCUT2D eigenvalue weighted by molar-refractivity contribution is 5.98. The Morgan fingerprint density at radius 2 is 2.22 bits per heavy atom. The van der Waals surface area contributed by atoms with Gasteiger partial charge in [0.1, 0.15) is 11.5 Å². The van der Waals surface area contributed by atoms with Gasteiger partial charge in [-0.15, -0.1) is 6.42 Å². The van der Waals surface area contributed by atoms with Crippen LogP contribution < -0.4 is 10.1 Å². The van der Waals surface area contributed by atoms with E-state index in [1.54, 1.807) is 19.4 Å². The minimum absolute atomic E-state index is 0.122. The lowest BCUT2D eigenvalue weighted by Crippen LogP contribution is -2.25. The number of ether oxygens (including phenoxy) is 1. The van der Waals surface area contributed by atoms with Crippen LogP contribution in [0.1, 0.15) is 31.1 Å². The van der Waals surface area contributed by atoms with E-state index < -0.39 is 5.41 Å². The summed E-state index contributed by atoms with van der Waals surface area (Å²) in [6, 6.07) is 7.92. The predicted octanol–water partition coefficient (Wildman–Crippen LogP) is 4.13. The number of hydrogen-bond acceptors (Lipinski definition) is 4. The Kier molecular flexibility index (Phi) is 5.46. The molecule has 1 heterocycles. The molecule has 0 aliphatic heterocycles. The quantitative estimate of drug-likeness (QED) is 0.594. The van der Waals surface area contributed by atoms with Crippen molar-refractivity contribution in [3.63, 3.8) is 0 Å². The first-order valence-corrected chi connectivity index (χ1v) is 8.80. The Morgan fingerprint density at radius 3 is 2.89 bits per heavy atom. The van der Waals surface area contributed by atoms with Crippen molar-refractivity contribution in [3.8, 4) is 18.1 Å². The van der Waals surface area contributed by atoms with E-state index in [0.29, 0.717) is 12.2 Å². The lowest BCUT2D eigenvalue weighted by atomic mass is 9.94. The van der Waals surface area contributed by atoms with Crippen LogP contribution >= 0.6 is 0 Å². The molecular formula is C22H22N2O3. The molecule has 0 radical (unpaired) electrons. The van der Waals surface area contributed by atoms with Gasteiger partial charge >= 0.3 is 6.01 Å². The van der Waals surface area contributed by atoms with Crippen molar-refractivity contribution >= 4 is 11.9 Å². The Balaban J connectivity index is 1.70. The summed E-state index contributed by atoms with van der Waals surface area (Å²) < 4.78 is 11.1.